The molecule has 0 saturated carbocycles. The molecule has 194 valence electrons. The summed E-state index contributed by atoms with van der Waals surface area (Å²) in [6, 6.07) is 21.7. The molecule has 0 unspecified atom stereocenters. The molecule has 3 N–H and O–H groups in total. The van der Waals surface area contributed by atoms with E-state index in [1.165, 1.54) is 0 Å². The molecule has 0 atom stereocenters. The van der Waals surface area contributed by atoms with Crippen LogP contribution in [0, 0.1) is 0 Å². The number of ether oxygens (including phenoxy) is 1. The third-order valence-corrected chi connectivity index (χ3v) is 5.96. The van der Waals surface area contributed by atoms with Crippen LogP contribution >= 0.6 is 12.2 Å². The normalized spacial score (nSPS) is 10.9. The first-order valence-corrected chi connectivity index (χ1v) is 12.9. The maximum absolute atomic E-state index is 12.7. The lowest BCUT2D eigenvalue weighted by atomic mass is 9.87. The Kier molecular flexibility index (Phi) is 9.80. The fourth-order valence-electron chi connectivity index (χ4n) is 3.58. The molecule has 3 aromatic rings. The van der Waals surface area contributed by atoms with Crippen LogP contribution in [-0.2, 0) is 5.41 Å². The van der Waals surface area contributed by atoms with E-state index in [-0.39, 0.29) is 22.3 Å². The molecule has 0 fully saturated rings. The molecule has 0 aromatic heterocycles. The number of hydrogen-bond donors (Lipinski definition) is 3. The molecular formula is C30H35N3O3S. The lowest BCUT2D eigenvalue weighted by Gasteiger charge is -2.19. The summed E-state index contributed by atoms with van der Waals surface area (Å²) in [5.41, 5.74) is 3.49. The largest absolute Gasteiger partial charge is 0.494 e. The molecule has 0 aliphatic carbocycles. The molecule has 0 aliphatic heterocycles. The first-order valence-electron chi connectivity index (χ1n) is 12.5. The van der Waals surface area contributed by atoms with Crippen molar-refractivity contribution in [1.29, 1.82) is 0 Å². The van der Waals surface area contributed by atoms with Gasteiger partial charge >= 0.3 is 0 Å². The second kappa shape index (κ2) is 13.0. The Labute approximate surface area is 224 Å². The van der Waals surface area contributed by atoms with Gasteiger partial charge in [0.25, 0.3) is 11.8 Å². The highest BCUT2D eigenvalue weighted by Crippen LogP contribution is 2.23. The van der Waals surface area contributed by atoms with E-state index in [0.717, 1.165) is 30.6 Å². The molecule has 37 heavy (non-hydrogen) atoms. The second-order valence-corrected chi connectivity index (χ2v) is 10.3. The zero-order chi connectivity index (χ0) is 26.8. The third-order valence-electron chi connectivity index (χ3n) is 5.75. The van der Waals surface area contributed by atoms with Gasteiger partial charge in [-0.05, 0) is 84.2 Å². The molecule has 3 aromatic carbocycles. The van der Waals surface area contributed by atoms with Crippen molar-refractivity contribution in [3.8, 4) is 5.75 Å². The highest BCUT2D eigenvalue weighted by atomic mass is 32.1. The van der Waals surface area contributed by atoms with Crippen molar-refractivity contribution >= 4 is 40.5 Å². The SMILES string of the molecule is CCCCCOc1ccc(C(=O)NC(=S)Nc2cccc(NC(=O)c3ccc(C(C)(C)C)cc3)c2)cc1. The summed E-state index contributed by atoms with van der Waals surface area (Å²) in [7, 11) is 0. The number of amides is 2. The topological polar surface area (TPSA) is 79.5 Å². The molecule has 0 saturated heterocycles. The number of rotatable bonds is 9. The van der Waals surface area contributed by atoms with Crippen LogP contribution in [0.15, 0.2) is 72.8 Å². The van der Waals surface area contributed by atoms with Crippen molar-refractivity contribution in [3.05, 3.63) is 89.5 Å². The number of carbonyl (C=O) groups is 2. The van der Waals surface area contributed by atoms with Crippen LogP contribution in [0.1, 0.15) is 73.2 Å². The Hall–Kier alpha value is -3.71. The van der Waals surface area contributed by atoms with Crippen LogP contribution < -0.4 is 20.7 Å². The molecule has 0 aliphatic rings. The second-order valence-electron chi connectivity index (χ2n) is 9.85. The molecule has 0 radical (unpaired) electrons. The fraction of sp³-hybridized carbons (Fsp3) is 0.300. The maximum atomic E-state index is 12.7. The summed E-state index contributed by atoms with van der Waals surface area (Å²) in [6.07, 6.45) is 3.28. The van der Waals surface area contributed by atoms with Crippen LogP contribution in [0.4, 0.5) is 11.4 Å². The number of thiocarbonyl (C=S) groups is 1. The molecule has 7 heteroatoms. The van der Waals surface area contributed by atoms with E-state index >= 15 is 0 Å². The molecule has 0 bridgehead atoms. The summed E-state index contributed by atoms with van der Waals surface area (Å²) in [4.78, 5) is 25.3. The van der Waals surface area contributed by atoms with Crippen LogP contribution in [-0.4, -0.2) is 23.5 Å². The molecule has 0 spiro atoms. The molecule has 0 heterocycles. The van der Waals surface area contributed by atoms with Gasteiger partial charge in [0, 0.05) is 22.5 Å². The van der Waals surface area contributed by atoms with Gasteiger partial charge in [0.15, 0.2) is 5.11 Å². The summed E-state index contributed by atoms with van der Waals surface area (Å²) in [5, 5.41) is 8.74. The number of unbranched alkanes of at least 4 members (excludes halogenated alkanes) is 2. The van der Waals surface area contributed by atoms with Gasteiger partial charge in [-0.25, -0.2) is 0 Å². The zero-order valence-electron chi connectivity index (χ0n) is 21.9. The maximum Gasteiger partial charge on any atom is 0.257 e. The van der Waals surface area contributed by atoms with Crippen molar-refractivity contribution in [1.82, 2.24) is 5.32 Å². The number of anilines is 2. The summed E-state index contributed by atoms with van der Waals surface area (Å²) >= 11 is 5.31. The van der Waals surface area contributed by atoms with Gasteiger partial charge < -0.3 is 15.4 Å². The standard InChI is InChI=1S/C30H35N3O3S/c1-5-6-7-19-36-26-17-13-22(14-18-26)28(35)33-29(37)32-25-10-8-9-24(20-25)31-27(34)21-11-15-23(16-12-21)30(2,3)4/h8-18,20H,5-7,19H2,1-4H3,(H,31,34)(H2,32,33,35,37). The van der Waals surface area contributed by atoms with E-state index in [2.05, 4.69) is 43.6 Å². The average Bonchev–Trinajstić information content (AvgIpc) is 2.86. The van der Waals surface area contributed by atoms with Gasteiger partial charge in [0.1, 0.15) is 5.75 Å². The predicted molar refractivity (Wildman–Crippen MR) is 155 cm³/mol. The van der Waals surface area contributed by atoms with E-state index in [1.807, 2.05) is 24.3 Å². The first kappa shape index (κ1) is 27.9. The predicted octanol–water partition coefficient (Wildman–Crippen LogP) is 6.93. The van der Waals surface area contributed by atoms with Gasteiger partial charge in [-0.3, -0.25) is 14.9 Å². The van der Waals surface area contributed by atoms with Gasteiger partial charge in [0.05, 0.1) is 6.61 Å². The highest BCUT2D eigenvalue weighted by Gasteiger charge is 2.15. The van der Waals surface area contributed by atoms with Crippen molar-refractivity contribution in [2.75, 3.05) is 17.2 Å². The van der Waals surface area contributed by atoms with E-state index in [0.29, 0.717) is 29.1 Å². The lowest BCUT2D eigenvalue weighted by molar-refractivity contribution is 0.0976. The summed E-state index contributed by atoms with van der Waals surface area (Å²) in [5.74, 6) is 0.210. The average molecular weight is 518 g/mol. The lowest BCUT2D eigenvalue weighted by Crippen LogP contribution is -2.34. The Balaban J connectivity index is 1.53. The first-order chi connectivity index (χ1) is 17.7. The zero-order valence-corrected chi connectivity index (χ0v) is 22.7. The Morgan fingerprint density at radius 3 is 2.03 bits per heavy atom. The number of hydrogen-bond acceptors (Lipinski definition) is 4. The fourth-order valence-corrected chi connectivity index (χ4v) is 3.79. The van der Waals surface area contributed by atoms with E-state index < -0.39 is 0 Å². The van der Waals surface area contributed by atoms with Crippen molar-refractivity contribution in [2.45, 2.75) is 52.4 Å². The highest BCUT2D eigenvalue weighted by molar-refractivity contribution is 7.80. The Morgan fingerprint density at radius 2 is 1.41 bits per heavy atom. The van der Waals surface area contributed by atoms with Gasteiger partial charge in [-0.1, -0.05) is 58.7 Å². The van der Waals surface area contributed by atoms with Crippen LogP contribution in [0.3, 0.4) is 0 Å². The van der Waals surface area contributed by atoms with Gasteiger partial charge in [-0.15, -0.1) is 0 Å². The summed E-state index contributed by atoms with van der Waals surface area (Å²) in [6.45, 7) is 9.21. The number of nitrogens with one attached hydrogen (secondary N) is 3. The number of benzene rings is 3. The van der Waals surface area contributed by atoms with Crippen LogP contribution in [0.5, 0.6) is 5.75 Å². The van der Waals surface area contributed by atoms with Crippen molar-refractivity contribution in [3.63, 3.8) is 0 Å². The number of carbonyl (C=O) groups excluding carboxylic acids is 2. The Bertz CT molecular complexity index is 1220. The van der Waals surface area contributed by atoms with Crippen molar-refractivity contribution < 1.29 is 14.3 Å². The quantitative estimate of drug-likeness (QED) is 0.212. The van der Waals surface area contributed by atoms with E-state index in [9.17, 15) is 9.59 Å². The van der Waals surface area contributed by atoms with E-state index in [4.69, 9.17) is 17.0 Å². The molecular weight excluding hydrogens is 482 g/mol. The van der Waals surface area contributed by atoms with E-state index in [1.54, 1.807) is 48.5 Å². The molecule has 6 nitrogen and oxygen atoms in total. The van der Waals surface area contributed by atoms with Crippen LogP contribution in [0.2, 0.25) is 0 Å². The minimum atomic E-state index is -0.321. The van der Waals surface area contributed by atoms with Crippen LogP contribution in [0.25, 0.3) is 0 Å². The smallest absolute Gasteiger partial charge is 0.257 e. The minimum absolute atomic E-state index is 0.0224. The van der Waals surface area contributed by atoms with Gasteiger partial charge in [0.2, 0.25) is 0 Å². The monoisotopic (exact) mass is 517 g/mol. The Morgan fingerprint density at radius 1 is 0.811 bits per heavy atom. The molecule has 2 amide bonds. The minimum Gasteiger partial charge on any atom is -0.494 e. The molecule has 3 rings (SSSR count). The summed E-state index contributed by atoms with van der Waals surface area (Å²) < 4.78 is 5.69. The van der Waals surface area contributed by atoms with Crippen molar-refractivity contribution in [2.24, 2.45) is 0 Å². The third kappa shape index (κ3) is 8.72. The van der Waals surface area contributed by atoms with Gasteiger partial charge in [-0.2, -0.15) is 0 Å².